The quantitative estimate of drug-likeness (QED) is 0.131. The van der Waals surface area contributed by atoms with Gasteiger partial charge >= 0.3 is 0 Å². The Morgan fingerprint density at radius 2 is 1.00 bits per heavy atom. The van der Waals surface area contributed by atoms with Crippen LogP contribution in [0.15, 0.2) is 29.2 Å². The van der Waals surface area contributed by atoms with Gasteiger partial charge in [-0.2, -0.15) is 0 Å². The van der Waals surface area contributed by atoms with Crippen LogP contribution in [0.4, 0.5) is 0 Å². The highest BCUT2D eigenvalue weighted by Crippen LogP contribution is 2.20. The van der Waals surface area contributed by atoms with Crippen molar-refractivity contribution in [2.45, 2.75) is 161 Å². The first-order valence-electron chi connectivity index (χ1n) is 15.3. The van der Waals surface area contributed by atoms with Crippen molar-refractivity contribution in [2.24, 2.45) is 5.92 Å². The van der Waals surface area contributed by atoms with Gasteiger partial charge in [0.1, 0.15) is 0 Å². The lowest BCUT2D eigenvalue weighted by Crippen LogP contribution is -2.10. The number of sulfone groups is 1. The van der Waals surface area contributed by atoms with E-state index in [1.807, 2.05) is 24.3 Å². The van der Waals surface area contributed by atoms with Gasteiger partial charge in [0, 0.05) is 0 Å². The van der Waals surface area contributed by atoms with Crippen molar-refractivity contribution in [1.29, 1.82) is 0 Å². The van der Waals surface area contributed by atoms with E-state index in [4.69, 9.17) is 0 Å². The molecule has 0 radical (unpaired) electrons. The SMILES string of the molecule is CCCCCCCCCCCCc1ccc(S(=O)(=O)CCC(C)CCCCCCCCCC)cc1. The Hall–Kier alpha value is -0.830. The number of unbranched alkanes of at least 4 members (excludes halogenated alkanes) is 16. The van der Waals surface area contributed by atoms with E-state index < -0.39 is 9.84 Å². The molecule has 0 fully saturated rings. The number of benzene rings is 1. The minimum Gasteiger partial charge on any atom is -0.224 e. The molecule has 0 aliphatic rings. The normalized spacial score (nSPS) is 12.8. The Morgan fingerprint density at radius 3 is 1.49 bits per heavy atom. The molecule has 0 spiro atoms. The summed E-state index contributed by atoms with van der Waals surface area (Å²) in [5.74, 6) is 0.767. The molecule has 1 aromatic carbocycles. The second-order valence-corrected chi connectivity index (χ2v) is 13.2. The third-order valence-corrected chi connectivity index (χ3v) is 9.29. The molecule has 35 heavy (non-hydrogen) atoms. The first-order valence-corrected chi connectivity index (χ1v) is 17.0. The minimum absolute atomic E-state index is 0.281. The molecule has 3 heteroatoms. The third kappa shape index (κ3) is 17.3. The molecule has 0 aliphatic heterocycles. The van der Waals surface area contributed by atoms with E-state index in [1.165, 1.54) is 121 Å². The Bertz CT molecular complexity index is 693. The summed E-state index contributed by atoms with van der Waals surface area (Å²) >= 11 is 0. The summed E-state index contributed by atoms with van der Waals surface area (Å²) in [5.41, 5.74) is 1.27. The molecule has 0 saturated carbocycles. The zero-order valence-electron chi connectivity index (χ0n) is 23.7. The van der Waals surface area contributed by atoms with Crippen LogP contribution in [0, 0.1) is 5.92 Å². The first-order chi connectivity index (χ1) is 17.0. The van der Waals surface area contributed by atoms with E-state index in [0.717, 1.165) is 19.3 Å². The summed E-state index contributed by atoms with van der Waals surface area (Å²) in [7, 11) is -3.16. The van der Waals surface area contributed by atoms with Crippen molar-refractivity contribution in [3.63, 3.8) is 0 Å². The van der Waals surface area contributed by atoms with Crippen LogP contribution in [-0.2, 0) is 16.3 Å². The average molecular weight is 507 g/mol. The molecule has 1 aromatic rings. The smallest absolute Gasteiger partial charge is 0.178 e. The van der Waals surface area contributed by atoms with Crippen molar-refractivity contribution < 1.29 is 8.42 Å². The van der Waals surface area contributed by atoms with Crippen molar-refractivity contribution in [3.8, 4) is 0 Å². The van der Waals surface area contributed by atoms with Crippen molar-refractivity contribution in [3.05, 3.63) is 29.8 Å². The van der Waals surface area contributed by atoms with Gasteiger partial charge in [0.15, 0.2) is 9.84 Å². The topological polar surface area (TPSA) is 34.1 Å². The Balaban J connectivity index is 2.15. The van der Waals surface area contributed by atoms with Crippen LogP contribution in [-0.4, -0.2) is 14.2 Å². The highest BCUT2D eigenvalue weighted by molar-refractivity contribution is 7.91. The van der Waals surface area contributed by atoms with Gasteiger partial charge < -0.3 is 0 Å². The highest BCUT2D eigenvalue weighted by Gasteiger charge is 2.16. The Kier molecular flexibility index (Phi) is 19.6. The van der Waals surface area contributed by atoms with Crippen LogP contribution in [0.25, 0.3) is 0 Å². The zero-order chi connectivity index (χ0) is 25.6. The van der Waals surface area contributed by atoms with Gasteiger partial charge in [-0.3, -0.25) is 0 Å². The molecule has 0 saturated heterocycles. The molecule has 1 unspecified atom stereocenters. The molecular weight excluding hydrogens is 448 g/mol. The van der Waals surface area contributed by atoms with Crippen LogP contribution < -0.4 is 0 Å². The number of hydrogen-bond acceptors (Lipinski definition) is 2. The number of aryl methyl sites for hydroxylation is 1. The van der Waals surface area contributed by atoms with E-state index in [9.17, 15) is 8.42 Å². The van der Waals surface area contributed by atoms with Gasteiger partial charge in [-0.05, 0) is 42.9 Å². The summed E-state index contributed by atoms with van der Waals surface area (Å²) in [6.07, 6.45) is 27.1. The summed E-state index contributed by atoms with van der Waals surface area (Å²) in [6.45, 7) is 6.75. The second kappa shape index (κ2) is 21.3. The van der Waals surface area contributed by atoms with E-state index >= 15 is 0 Å². The molecule has 1 atom stereocenters. The molecule has 0 aromatic heterocycles. The van der Waals surface area contributed by atoms with E-state index in [2.05, 4.69) is 20.8 Å². The molecule has 204 valence electrons. The monoisotopic (exact) mass is 506 g/mol. The third-order valence-electron chi connectivity index (χ3n) is 7.53. The molecule has 1 rings (SSSR count). The lowest BCUT2D eigenvalue weighted by Gasteiger charge is -2.12. The predicted octanol–water partition coefficient (Wildman–Crippen LogP) is 10.5. The fourth-order valence-corrected chi connectivity index (χ4v) is 6.42. The molecule has 2 nitrogen and oxygen atoms in total. The van der Waals surface area contributed by atoms with Gasteiger partial charge in [-0.25, -0.2) is 8.42 Å². The van der Waals surface area contributed by atoms with Gasteiger partial charge in [-0.1, -0.05) is 148 Å². The molecule has 0 bridgehead atoms. The number of rotatable bonds is 24. The van der Waals surface area contributed by atoms with Crippen molar-refractivity contribution in [2.75, 3.05) is 5.75 Å². The standard InChI is InChI=1S/C32H58O2S/c1-4-6-8-10-12-14-15-17-19-21-23-31-24-26-32(27-25-31)35(33,34)29-28-30(3)22-20-18-16-13-11-9-7-5-2/h24-27,30H,4-23,28-29H2,1-3H3. The van der Waals surface area contributed by atoms with Gasteiger partial charge in [0.25, 0.3) is 0 Å². The van der Waals surface area contributed by atoms with Crippen LogP contribution >= 0.6 is 0 Å². The predicted molar refractivity (Wildman–Crippen MR) is 155 cm³/mol. The van der Waals surface area contributed by atoms with E-state index in [-0.39, 0.29) is 5.75 Å². The molecule has 0 heterocycles. The largest absolute Gasteiger partial charge is 0.224 e. The Labute approximate surface area is 220 Å². The van der Waals surface area contributed by atoms with Crippen LogP contribution in [0.1, 0.15) is 155 Å². The fourth-order valence-electron chi connectivity index (χ4n) is 4.93. The highest BCUT2D eigenvalue weighted by atomic mass is 32.2. The Morgan fingerprint density at radius 1 is 0.571 bits per heavy atom. The molecule has 0 amide bonds. The zero-order valence-corrected chi connectivity index (χ0v) is 24.5. The maximum Gasteiger partial charge on any atom is 0.178 e. The lowest BCUT2D eigenvalue weighted by atomic mass is 9.99. The van der Waals surface area contributed by atoms with E-state index in [0.29, 0.717) is 10.8 Å². The lowest BCUT2D eigenvalue weighted by molar-refractivity contribution is 0.468. The van der Waals surface area contributed by atoms with Crippen LogP contribution in [0.5, 0.6) is 0 Å². The van der Waals surface area contributed by atoms with Crippen molar-refractivity contribution >= 4 is 9.84 Å². The summed E-state index contributed by atoms with van der Waals surface area (Å²) in [5, 5.41) is 0. The fraction of sp³-hybridized carbons (Fsp3) is 0.812. The van der Waals surface area contributed by atoms with Crippen LogP contribution in [0.2, 0.25) is 0 Å². The maximum absolute atomic E-state index is 12.8. The van der Waals surface area contributed by atoms with E-state index in [1.54, 1.807) is 0 Å². The van der Waals surface area contributed by atoms with Gasteiger partial charge in [-0.15, -0.1) is 0 Å². The van der Waals surface area contributed by atoms with Crippen LogP contribution in [0.3, 0.4) is 0 Å². The van der Waals surface area contributed by atoms with Crippen molar-refractivity contribution in [1.82, 2.24) is 0 Å². The molecular formula is C32H58O2S. The van der Waals surface area contributed by atoms with Gasteiger partial charge in [0.2, 0.25) is 0 Å². The maximum atomic E-state index is 12.8. The average Bonchev–Trinajstić information content (AvgIpc) is 2.86. The molecule has 0 N–H and O–H groups in total. The minimum atomic E-state index is -3.16. The molecule has 0 aliphatic carbocycles. The second-order valence-electron chi connectivity index (χ2n) is 11.1. The summed E-state index contributed by atoms with van der Waals surface area (Å²) in [6, 6.07) is 7.74. The first kappa shape index (κ1) is 32.2. The van der Waals surface area contributed by atoms with Gasteiger partial charge in [0.05, 0.1) is 10.6 Å². The summed E-state index contributed by atoms with van der Waals surface area (Å²) in [4.78, 5) is 0.503. The number of hydrogen-bond donors (Lipinski definition) is 0. The summed E-state index contributed by atoms with van der Waals surface area (Å²) < 4.78 is 25.6.